The Balaban J connectivity index is 1.45. The molecule has 0 spiro atoms. The molecule has 1 saturated heterocycles. The molecule has 3 rings (SSSR count). The molecule has 7 heteroatoms. The van der Waals surface area contributed by atoms with Crippen LogP contribution in [0.15, 0.2) is 48.5 Å². The Morgan fingerprint density at radius 1 is 0.968 bits per heavy atom. The summed E-state index contributed by atoms with van der Waals surface area (Å²) in [7, 11) is 3.94. The van der Waals surface area contributed by atoms with Gasteiger partial charge in [-0.1, -0.05) is 23.7 Å². The van der Waals surface area contributed by atoms with Crippen LogP contribution in [0.4, 0.5) is 5.69 Å². The number of halogens is 1. The first kappa shape index (κ1) is 22.9. The standard InChI is InChI=1S/C24H30ClN3O3/c1-26(2)20-12-10-19(11-13-20)24(30)28-15-6-14-27(16-17-28)23(29)9-5-18-31-22-8-4-3-7-21(22)25/h3-4,7-8,10-13H,5-6,9,14-18H2,1-2H3. The summed E-state index contributed by atoms with van der Waals surface area (Å²) in [5.41, 5.74) is 1.74. The highest BCUT2D eigenvalue weighted by molar-refractivity contribution is 6.32. The first-order chi connectivity index (χ1) is 15.0. The van der Waals surface area contributed by atoms with Crippen LogP contribution in [0.25, 0.3) is 0 Å². The number of hydrogen-bond acceptors (Lipinski definition) is 4. The molecular formula is C24H30ClN3O3. The van der Waals surface area contributed by atoms with Crippen molar-refractivity contribution in [2.24, 2.45) is 0 Å². The molecule has 31 heavy (non-hydrogen) atoms. The Morgan fingerprint density at radius 3 is 2.35 bits per heavy atom. The lowest BCUT2D eigenvalue weighted by Crippen LogP contribution is -2.37. The fraction of sp³-hybridized carbons (Fsp3) is 0.417. The number of hydrogen-bond donors (Lipinski definition) is 0. The van der Waals surface area contributed by atoms with Gasteiger partial charge in [0.1, 0.15) is 5.75 Å². The third-order valence-electron chi connectivity index (χ3n) is 5.40. The third kappa shape index (κ3) is 6.37. The van der Waals surface area contributed by atoms with Gasteiger partial charge >= 0.3 is 0 Å². The molecule has 1 fully saturated rings. The molecule has 2 aromatic carbocycles. The van der Waals surface area contributed by atoms with E-state index < -0.39 is 0 Å². The van der Waals surface area contributed by atoms with Crippen LogP contribution in [-0.4, -0.2) is 68.5 Å². The fourth-order valence-corrected chi connectivity index (χ4v) is 3.77. The van der Waals surface area contributed by atoms with Crippen molar-refractivity contribution in [3.63, 3.8) is 0 Å². The number of amides is 2. The number of anilines is 1. The molecule has 1 heterocycles. The molecule has 0 bridgehead atoms. The Bertz CT molecular complexity index is 886. The van der Waals surface area contributed by atoms with Crippen LogP contribution in [-0.2, 0) is 4.79 Å². The quantitative estimate of drug-likeness (QED) is 0.608. The lowest BCUT2D eigenvalue weighted by atomic mass is 10.1. The van der Waals surface area contributed by atoms with E-state index in [-0.39, 0.29) is 11.8 Å². The smallest absolute Gasteiger partial charge is 0.253 e. The molecule has 2 aromatic rings. The van der Waals surface area contributed by atoms with Gasteiger partial charge in [-0.05, 0) is 49.2 Å². The number of carbonyl (C=O) groups excluding carboxylic acids is 2. The number of benzene rings is 2. The number of nitrogens with zero attached hydrogens (tertiary/aromatic N) is 3. The van der Waals surface area contributed by atoms with Gasteiger partial charge in [0, 0.05) is 57.9 Å². The topological polar surface area (TPSA) is 53.1 Å². The molecule has 0 aromatic heterocycles. The van der Waals surface area contributed by atoms with E-state index in [0.29, 0.717) is 62.0 Å². The van der Waals surface area contributed by atoms with E-state index in [1.54, 1.807) is 6.07 Å². The molecule has 0 radical (unpaired) electrons. The summed E-state index contributed by atoms with van der Waals surface area (Å²) < 4.78 is 5.66. The lowest BCUT2D eigenvalue weighted by molar-refractivity contribution is -0.131. The maximum atomic E-state index is 12.9. The van der Waals surface area contributed by atoms with Crippen LogP contribution in [0.2, 0.25) is 5.02 Å². The van der Waals surface area contributed by atoms with Crippen LogP contribution in [0, 0.1) is 0 Å². The Kier molecular flexibility index (Phi) is 8.18. The Morgan fingerprint density at radius 2 is 1.65 bits per heavy atom. The minimum atomic E-state index is 0.0211. The Labute approximate surface area is 189 Å². The lowest BCUT2D eigenvalue weighted by Gasteiger charge is -2.22. The maximum absolute atomic E-state index is 12.9. The van der Waals surface area contributed by atoms with E-state index in [0.717, 1.165) is 12.1 Å². The SMILES string of the molecule is CN(C)c1ccc(C(=O)N2CCCN(C(=O)CCCOc3ccccc3Cl)CC2)cc1. The molecule has 166 valence electrons. The van der Waals surface area contributed by atoms with Gasteiger partial charge in [-0.15, -0.1) is 0 Å². The molecular weight excluding hydrogens is 414 g/mol. The third-order valence-corrected chi connectivity index (χ3v) is 5.71. The number of ether oxygens (including phenoxy) is 1. The van der Waals surface area contributed by atoms with Crippen LogP contribution < -0.4 is 9.64 Å². The summed E-state index contributed by atoms with van der Waals surface area (Å²) in [4.78, 5) is 31.2. The summed E-state index contributed by atoms with van der Waals surface area (Å²) in [6.45, 7) is 2.89. The van der Waals surface area contributed by atoms with Crippen LogP contribution in [0.3, 0.4) is 0 Å². The van der Waals surface area contributed by atoms with Crippen molar-refractivity contribution in [2.75, 3.05) is 51.8 Å². The second-order valence-corrected chi connectivity index (χ2v) is 8.26. The van der Waals surface area contributed by atoms with Gasteiger partial charge in [-0.3, -0.25) is 9.59 Å². The highest BCUT2D eigenvalue weighted by Crippen LogP contribution is 2.23. The van der Waals surface area contributed by atoms with Gasteiger partial charge in [0.25, 0.3) is 5.91 Å². The number of para-hydroxylation sites is 1. The number of rotatable bonds is 7. The van der Waals surface area contributed by atoms with Gasteiger partial charge in [0.05, 0.1) is 11.6 Å². The van der Waals surface area contributed by atoms with Gasteiger partial charge in [0.15, 0.2) is 0 Å². The number of carbonyl (C=O) groups is 2. The average molecular weight is 444 g/mol. The summed E-state index contributed by atoms with van der Waals surface area (Å²) in [6, 6.07) is 15.0. The van der Waals surface area contributed by atoms with E-state index in [2.05, 4.69) is 0 Å². The predicted molar refractivity (Wildman–Crippen MR) is 124 cm³/mol. The molecule has 0 N–H and O–H groups in total. The molecule has 0 atom stereocenters. The zero-order valence-corrected chi connectivity index (χ0v) is 19.0. The largest absolute Gasteiger partial charge is 0.492 e. The van der Waals surface area contributed by atoms with E-state index >= 15 is 0 Å². The predicted octanol–water partition coefficient (Wildman–Crippen LogP) is 3.94. The zero-order valence-electron chi connectivity index (χ0n) is 18.2. The molecule has 0 unspecified atom stereocenters. The minimum absolute atomic E-state index is 0.0211. The van der Waals surface area contributed by atoms with Crippen LogP contribution >= 0.6 is 11.6 Å². The van der Waals surface area contributed by atoms with Crippen molar-refractivity contribution in [1.29, 1.82) is 0 Å². The van der Waals surface area contributed by atoms with E-state index in [9.17, 15) is 9.59 Å². The van der Waals surface area contributed by atoms with Gasteiger partial charge in [-0.25, -0.2) is 0 Å². The van der Waals surface area contributed by atoms with Crippen molar-refractivity contribution < 1.29 is 14.3 Å². The van der Waals surface area contributed by atoms with Crippen molar-refractivity contribution in [3.05, 3.63) is 59.1 Å². The average Bonchev–Trinajstić information content (AvgIpc) is 3.03. The summed E-state index contributed by atoms with van der Waals surface area (Å²) >= 11 is 6.08. The second-order valence-electron chi connectivity index (χ2n) is 7.85. The van der Waals surface area contributed by atoms with Crippen molar-refractivity contribution in [3.8, 4) is 5.75 Å². The summed E-state index contributed by atoms with van der Waals surface area (Å²) in [6.07, 6.45) is 1.83. The maximum Gasteiger partial charge on any atom is 0.253 e. The molecule has 6 nitrogen and oxygen atoms in total. The minimum Gasteiger partial charge on any atom is -0.492 e. The Hall–Kier alpha value is -2.73. The monoisotopic (exact) mass is 443 g/mol. The first-order valence-electron chi connectivity index (χ1n) is 10.7. The fourth-order valence-electron chi connectivity index (χ4n) is 3.58. The second kappa shape index (κ2) is 11.0. The van der Waals surface area contributed by atoms with Crippen molar-refractivity contribution in [2.45, 2.75) is 19.3 Å². The van der Waals surface area contributed by atoms with Gasteiger partial charge in [0.2, 0.25) is 5.91 Å². The normalized spacial score (nSPS) is 14.2. The first-order valence-corrected chi connectivity index (χ1v) is 11.1. The van der Waals surface area contributed by atoms with E-state index in [1.165, 1.54) is 0 Å². The van der Waals surface area contributed by atoms with Crippen LogP contribution in [0.1, 0.15) is 29.6 Å². The van der Waals surface area contributed by atoms with Crippen molar-refractivity contribution >= 4 is 29.1 Å². The van der Waals surface area contributed by atoms with E-state index in [1.807, 2.05) is 71.3 Å². The molecule has 0 saturated carbocycles. The van der Waals surface area contributed by atoms with Gasteiger partial charge in [-0.2, -0.15) is 0 Å². The van der Waals surface area contributed by atoms with Crippen LogP contribution in [0.5, 0.6) is 5.75 Å². The molecule has 2 amide bonds. The van der Waals surface area contributed by atoms with E-state index in [4.69, 9.17) is 16.3 Å². The molecule has 1 aliphatic heterocycles. The highest BCUT2D eigenvalue weighted by Gasteiger charge is 2.22. The summed E-state index contributed by atoms with van der Waals surface area (Å²) in [5.74, 6) is 0.763. The van der Waals surface area contributed by atoms with Crippen molar-refractivity contribution in [1.82, 2.24) is 9.80 Å². The highest BCUT2D eigenvalue weighted by atomic mass is 35.5. The zero-order chi connectivity index (χ0) is 22.2. The molecule has 0 aliphatic carbocycles. The molecule has 1 aliphatic rings. The summed E-state index contributed by atoms with van der Waals surface area (Å²) in [5, 5.41) is 0.572. The van der Waals surface area contributed by atoms with Gasteiger partial charge < -0.3 is 19.4 Å².